The van der Waals surface area contributed by atoms with E-state index in [0.29, 0.717) is 26.2 Å². The highest BCUT2D eigenvalue weighted by Gasteiger charge is 2.30. The van der Waals surface area contributed by atoms with Crippen LogP contribution >= 0.6 is 0 Å². The Hall–Kier alpha value is -0.900. The molecule has 3 nitrogen and oxygen atoms in total. The third kappa shape index (κ3) is 5.31. The van der Waals surface area contributed by atoms with E-state index in [1.54, 1.807) is 0 Å². The zero-order chi connectivity index (χ0) is 14.1. The Morgan fingerprint density at radius 2 is 1.53 bits per heavy atom. The summed E-state index contributed by atoms with van der Waals surface area (Å²) in [5.41, 5.74) is 1.16. The minimum Gasteiger partial charge on any atom is -0.374 e. The topological polar surface area (TPSA) is 27.7 Å². The van der Waals surface area contributed by atoms with E-state index in [0.717, 1.165) is 5.56 Å². The summed E-state index contributed by atoms with van der Waals surface area (Å²) in [5.74, 6) is -0.598. The molecule has 0 spiro atoms. The van der Waals surface area contributed by atoms with Crippen molar-refractivity contribution in [3.05, 3.63) is 35.9 Å². The SMILES string of the molecule is CCOC(CC(C)(OCC)OCC)c1ccccc1. The molecule has 0 radical (unpaired) electrons. The van der Waals surface area contributed by atoms with Crippen molar-refractivity contribution in [3.63, 3.8) is 0 Å². The molecule has 1 aromatic carbocycles. The van der Waals surface area contributed by atoms with Crippen LogP contribution in [-0.4, -0.2) is 25.6 Å². The first-order chi connectivity index (χ1) is 9.15. The van der Waals surface area contributed by atoms with Crippen molar-refractivity contribution in [3.8, 4) is 0 Å². The molecule has 1 unspecified atom stereocenters. The lowest BCUT2D eigenvalue weighted by Crippen LogP contribution is -2.35. The molecule has 1 aromatic rings. The largest absolute Gasteiger partial charge is 0.374 e. The first-order valence-corrected chi connectivity index (χ1v) is 7.09. The van der Waals surface area contributed by atoms with Crippen molar-refractivity contribution in [1.82, 2.24) is 0 Å². The minimum absolute atomic E-state index is 0.00528. The number of hydrogen-bond donors (Lipinski definition) is 0. The van der Waals surface area contributed by atoms with Crippen LogP contribution in [-0.2, 0) is 14.2 Å². The van der Waals surface area contributed by atoms with Crippen molar-refractivity contribution in [2.24, 2.45) is 0 Å². The second-order valence-electron chi connectivity index (χ2n) is 4.56. The van der Waals surface area contributed by atoms with E-state index >= 15 is 0 Å². The van der Waals surface area contributed by atoms with Crippen molar-refractivity contribution in [2.45, 2.75) is 46.0 Å². The molecular formula is C16H26O3. The van der Waals surface area contributed by atoms with Gasteiger partial charge in [-0.05, 0) is 33.3 Å². The Labute approximate surface area is 116 Å². The summed E-state index contributed by atoms with van der Waals surface area (Å²) in [6.07, 6.45) is 0.682. The van der Waals surface area contributed by atoms with Gasteiger partial charge in [0.2, 0.25) is 0 Å². The molecule has 108 valence electrons. The standard InChI is InChI=1S/C16H26O3/c1-5-17-15(14-11-9-8-10-12-14)13-16(4,18-6-2)19-7-3/h8-12,15H,5-7,13H2,1-4H3. The normalized spacial score (nSPS) is 13.5. The highest BCUT2D eigenvalue weighted by atomic mass is 16.7. The fourth-order valence-corrected chi connectivity index (χ4v) is 2.25. The van der Waals surface area contributed by atoms with Crippen molar-refractivity contribution in [2.75, 3.05) is 19.8 Å². The maximum atomic E-state index is 5.86. The molecule has 0 aromatic heterocycles. The zero-order valence-corrected chi connectivity index (χ0v) is 12.5. The Kier molecular flexibility index (Phi) is 7.06. The lowest BCUT2D eigenvalue weighted by molar-refractivity contribution is -0.238. The Balaban J connectivity index is 2.81. The van der Waals surface area contributed by atoms with E-state index in [9.17, 15) is 0 Å². The first-order valence-electron chi connectivity index (χ1n) is 7.09. The molecule has 0 aliphatic heterocycles. The van der Waals surface area contributed by atoms with Crippen LogP contribution in [0.1, 0.15) is 45.8 Å². The van der Waals surface area contributed by atoms with Crippen LogP contribution in [0.15, 0.2) is 30.3 Å². The summed E-state index contributed by atoms with van der Waals surface area (Å²) < 4.78 is 17.4. The summed E-state index contributed by atoms with van der Waals surface area (Å²) in [4.78, 5) is 0. The van der Waals surface area contributed by atoms with Gasteiger partial charge in [-0.25, -0.2) is 0 Å². The van der Waals surface area contributed by atoms with E-state index in [4.69, 9.17) is 14.2 Å². The summed E-state index contributed by atoms with van der Waals surface area (Å²) in [6, 6.07) is 10.2. The fraction of sp³-hybridized carbons (Fsp3) is 0.625. The molecule has 0 aliphatic rings. The van der Waals surface area contributed by atoms with Crippen LogP contribution in [0.2, 0.25) is 0 Å². The number of rotatable bonds is 9. The highest BCUT2D eigenvalue weighted by molar-refractivity contribution is 5.17. The van der Waals surface area contributed by atoms with Gasteiger partial charge in [0.1, 0.15) is 0 Å². The van der Waals surface area contributed by atoms with Gasteiger partial charge in [-0.2, -0.15) is 0 Å². The molecule has 0 bridgehead atoms. The van der Waals surface area contributed by atoms with Crippen molar-refractivity contribution in [1.29, 1.82) is 0 Å². The van der Waals surface area contributed by atoms with Gasteiger partial charge in [0.25, 0.3) is 0 Å². The average molecular weight is 266 g/mol. The molecule has 1 atom stereocenters. The second kappa shape index (κ2) is 8.31. The van der Waals surface area contributed by atoms with E-state index in [-0.39, 0.29) is 6.10 Å². The minimum atomic E-state index is -0.598. The fourth-order valence-electron chi connectivity index (χ4n) is 2.25. The summed E-state index contributed by atoms with van der Waals surface area (Å²) in [6.45, 7) is 9.89. The number of ether oxygens (including phenoxy) is 3. The maximum absolute atomic E-state index is 5.86. The molecule has 0 saturated carbocycles. The van der Waals surface area contributed by atoms with Gasteiger partial charge in [-0.1, -0.05) is 30.3 Å². The first kappa shape index (κ1) is 16.2. The van der Waals surface area contributed by atoms with Crippen molar-refractivity contribution >= 4 is 0 Å². The highest BCUT2D eigenvalue weighted by Crippen LogP contribution is 2.30. The third-order valence-corrected chi connectivity index (χ3v) is 2.99. The van der Waals surface area contributed by atoms with Crippen LogP contribution in [0.4, 0.5) is 0 Å². The van der Waals surface area contributed by atoms with Gasteiger partial charge < -0.3 is 14.2 Å². The molecular weight excluding hydrogens is 240 g/mol. The van der Waals surface area contributed by atoms with E-state index in [1.807, 2.05) is 45.9 Å². The molecule has 0 N–H and O–H groups in total. The van der Waals surface area contributed by atoms with Crippen LogP contribution in [0.3, 0.4) is 0 Å². The lowest BCUT2D eigenvalue weighted by atomic mass is 10.0. The summed E-state index contributed by atoms with van der Waals surface area (Å²) in [5, 5.41) is 0. The monoisotopic (exact) mass is 266 g/mol. The quantitative estimate of drug-likeness (QED) is 0.634. The molecule has 0 saturated heterocycles. The molecule has 0 fully saturated rings. The lowest BCUT2D eigenvalue weighted by Gasteiger charge is -2.33. The Bertz CT molecular complexity index is 331. The van der Waals surface area contributed by atoms with Gasteiger partial charge in [0, 0.05) is 26.2 Å². The average Bonchev–Trinajstić information content (AvgIpc) is 2.40. The Morgan fingerprint density at radius 1 is 0.947 bits per heavy atom. The molecule has 19 heavy (non-hydrogen) atoms. The Morgan fingerprint density at radius 3 is 2.00 bits per heavy atom. The predicted molar refractivity (Wildman–Crippen MR) is 77.1 cm³/mol. The predicted octanol–water partition coefficient (Wildman–Crippen LogP) is 3.94. The van der Waals surface area contributed by atoms with E-state index in [1.165, 1.54) is 0 Å². The third-order valence-electron chi connectivity index (χ3n) is 2.99. The number of benzene rings is 1. The number of hydrogen-bond acceptors (Lipinski definition) is 3. The second-order valence-corrected chi connectivity index (χ2v) is 4.56. The van der Waals surface area contributed by atoms with Crippen LogP contribution in [0, 0.1) is 0 Å². The van der Waals surface area contributed by atoms with Gasteiger partial charge >= 0.3 is 0 Å². The van der Waals surface area contributed by atoms with Crippen LogP contribution in [0.25, 0.3) is 0 Å². The molecule has 3 heteroatoms. The van der Waals surface area contributed by atoms with Gasteiger partial charge in [0.05, 0.1) is 6.10 Å². The molecule has 1 rings (SSSR count). The van der Waals surface area contributed by atoms with Gasteiger partial charge in [-0.3, -0.25) is 0 Å². The van der Waals surface area contributed by atoms with Crippen molar-refractivity contribution < 1.29 is 14.2 Å². The smallest absolute Gasteiger partial charge is 0.168 e. The molecule has 0 amide bonds. The van der Waals surface area contributed by atoms with Gasteiger partial charge in [0.15, 0.2) is 5.79 Å². The summed E-state index contributed by atoms with van der Waals surface area (Å²) >= 11 is 0. The van der Waals surface area contributed by atoms with E-state index in [2.05, 4.69) is 12.1 Å². The van der Waals surface area contributed by atoms with Gasteiger partial charge in [-0.15, -0.1) is 0 Å². The molecule has 0 aliphatic carbocycles. The molecule has 0 heterocycles. The zero-order valence-electron chi connectivity index (χ0n) is 12.5. The summed E-state index contributed by atoms with van der Waals surface area (Å²) in [7, 11) is 0. The van der Waals surface area contributed by atoms with E-state index < -0.39 is 5.79 Å². The van der Waals surface area contributed by atoms with Crippen LogP contribution < -0.4 is 0 Å². The van der Waals surface area contributed by atoms with Crippen LogP contribution in [0.5, 0.6) is 0 Å². The maximum Gasteiger partial charge on any atom is 0.168 e.